The number of methoxy groups -OCH3 is 1. The fourth-order valence-corrected chi connectivity index (χ4v) is 3.37. The summed E-state index contributed by atoms with van der Waals surface area (Å²) in [6.45, 7) is 1.48. The number of aliphatic carboxylic acids is 1. The highest BCUT2D eigenvalue weighted by Gasteiger charge is 2.56. The molecule has 1 fully saturated rings. The molecule has 1 N–H and O–H groups in total. The molecule has 0 amide bonds. The number of carboxylic acid groups (broad SMARTS) is 1. The van der Waals surface area contributed by atoms with Gasteiger partial charge < -0.3 is 9.84 Å². The molecule has 1 aliphatic rings. The van der Waals surface area contributed by atoms with Crippen molar-refractivity contribution in [1.82, 2.24) is 4.90 Å². The van der Waals surface area contributed by atoms with Gasteiger partial charge in [-0.2, -0.15) is 13.2 Å². The van der Waals surface area contributed by atoms with E-state index in [2.05, 4.69) is 0 Å². The number of hydrogen-bond donors (Lipinski definition) is 1. The van der Waals surface area contributed by atoms with Crippen LogP contribution < -0.4 is 0 Å². The van der Waals surface area contributed by atoms with Gasteiger partial charge in [-0.3, -0.25) is 14.5 Å². The Balaban J connectivity index is 2.60. The molecule has 1 aromatic carbocycles. The first-order valence-electron chi connectivity index (χ1n) is 7.24. The molecular formula is C16H18F3NO4. The molecule has 1 aliphatic heterocycles. The molecule has 1 heterocycles. The van der Waals surface area contributed by atoms with Crippen molar-refractivity contribution in [3.8, 4) is 0 Å². The molecule has 0 radical (unpaired) electrons. The molecule has 5 nitrogen and oxygen atoms in total. The number of carbonyl (C=O) groups is 2. The average molecular weight is 345 g/mol. The molecule has 0 unspecified atom stereocenters. The van der Waals surface area contributed by atoms with E-state index in [0.717, 1.165) is 13.2 Å². The quantitative estimate of drug-likeness (QED) is 0.853. The maximum atomic E-state index is 13.3. The average Bonchev–Trinajstić information content (AvgIpc) is 2.79. The summed E-state index contributed by atoms with van der Waals surface area (Å²) in [7, 11) is 2.60. The predicted octanol–water partition coefficient (Wildman–Crippen LogP) is 2.71. The molecule has 0 spiro atoms. The first-order valence-corrected chi connectivity index (χ1v) is 7.24. The van der Waals surface area contributed by atoms with Gasteiger partial charge in [0.15, 0.2) is 0 Å². The van der Waals surface area contributed by atoms with Gasteiger partial charge in [-0.1, -0.05) is 18.2 Å². The third-order valence-corrected chi connectivity index (χ3v) is 4.72. The molecule has 0 saturated carbocycles. The van der Waals surface area contributed by atoms with E-state index in [0.29, 0.717) is 0 Å². The number of halogens is 3. The Hall–Kier alpha value is -2.09. The lowest BCUT2D eigenvalue weighted by molar-refractivity contribution is -0.152. The van der Waals surface area contributed by atoms with E-state index in [1.165, 1.54) is 37.1 Å². The highest BCUT2D eigenvalue weighted by Crippen LogP contribution is 2.49. The van der Waals surface area contributed by atoms with Gasteiger partial charge in [-0.15, -0.1) is 0 Å². The van der Waals surface area contributed by atoms with Gasteiger partial charge >= 0.3 is 18.1 Å². The zero-order chi connectivity index (χ0) is 18.3. The third kappa shape index (κ3) is 2.86. The summed E-state index contributed by atoms with van der Waals surface area (Å²) < 4.78 is 44.7. The molecule has 0 bridgehead atoms. The van der Waals surface area contributed by atoms with Gasteiger partial charge in [0.1, 0.15) is 5.54 Å². The number of likely N-dealkylation sites (tertiary alicyclic amines) is 1. The SMILES string of the molecule is COC(=O)[C@@]1(C)C[C@@H](C(=O)O)[C@H](c2ccccc2C(F)(F)F)N1C. The lowest BCUT2D eigenvalue weighted by Crippen LogP contribution is -2.47. The van der Waals surface area contributed by atoms with Crippen molar-refractivity contribution in [3.05, 3.63) is 35.4 Å². The van der Waals surface area contributed by atoms with Crippen LogP contribution in [-0.4, -0.2) is 41.6 Å². The summed E-state index contributed by atoms with van der Waals surface area (Å²) in [5.74, 6) is -3.10. The second-order valence-corrected chi connectivity index (χ2v) is 6.06. The number of benzene rings is 1. The smallest absolute Gasteiger partial charge is 0.416 e. The molecule has 3 atom stereocenters. The van der Waals surface area contributed by atoms with E-state index in [9.17, 15) is 27.9 Å². The van der Waals surface area contributed by atoms with Gasteiger partial charge in [0.05, 0.1) is 18.6 Å². The largest absolute Gasteiger partial charge is 0.481 e. The van der Waals surface area contributed by atoms with Crippen LogP contribution in [0.25, 0.3) is 0 Å². The van der Waals surface area contributed by atoms with Crippen LogP contribution in [0.2, 0.25) is 0 Å². The fraction of sp³-hybridized carbons (Fsp3) is 0.500. The van der Waals surface area contributed by atoms with Gasteiger partial charge in [0.25, 0.3) is 0 Å². The van der Waals surface area contributed by atoms with Crippen LogP contribution in [0.5, 0.6) is 0 Å². The van der Waals surface area contributed by atoms with Crippen LogP contribution >= 0.6 is 0 Å². The normalized spacial score (nSPS) is 27.9. The maximum Gasteiger partial charge on any atom is 0.416 e. The first-order chi connectivity index (χ1) is 11.0. The van der Waals surface area contributed by atoms with Crippen LogP contribution in [0, 0.1) is 5.92 Å². The number of nitrogens with zero attached hydrogens (tertiary/aromatic N) is 1. The minimum Gasteiger partial charge on any atom is -0.481 e. The van der Waals surface area contributed by atoms with Crippen LogP contribution in [-0.2, 0) is 20.5 Å². The monoisotopic (exact) mass is 345 g/mol. The first kappa shape index (κ1) is 18.3. The van der Waals surface area contributed by atoms with Gasteiger partial charge in [-0.25, -0.2) is 0 Å². The van der Waals surface area contributed by atoms with Crippen molar-refractivity contribution < 1.29 is 32.6 Å². The van der Waals surface area contributed by atoms with E-state index in [1.54, 1.807) is 0 Å². The van der Waals surface area contributed by atoms with Crippen molar-refractivity contribution in [2.75, 3.05) is 14.2 Å². The number of rotatable bonds is 3. The van der Waals surface area contributed by atoms with Crippen LogP contribution in [0.15, 0.2) is 24.3 Å². The second-order valence-electron chi connectivity index (χ2n) is 6.06. The Bertz CT molecular complexity index is 661. The Morgan fingerprint density at radius 2 is 1.92 bits per heavy atom. The van der Waals surface area contributed by atoms with Crippen molar-refractivity contribution in [3.63, 3.8) is 0 Å². The molecule has 1 aromatic rings. The lowest BCUT2D eigenvalue weighted by Gasteiger charge is -2.33. The highest BCUT2D eigenvalue weighted by atomic mass is 19.4. The minimum absolute atomic E-state index is 0.137. The summed E-state index contributed by atoms with van der Waals surface area (Å²) in [6.07, 6.45) is -4.76. The topological polar surface area (TPSA) is 66.8 Å². The summed E-state index contributed by atoms with van der Waals surface area (Å²) >= 11 is 0. The number of ether oxygens (including phenoxy) is 1. The van der Waals surface area contributed by atoms with Crippen molar-refractivity contribution in [2.45, 2.75) is 31.1 Å². The fourth-order valence-electron chi connectivity index (χ4n) is 3.37. The molecule has 132 valence electrons. The van der Waals surface area contributed by atoms with Gasteiger partial charge in [0, 0.05) is 6.04 Å². The number of likely N-dealkylation sites (N-methyl/N-ethyl adjacent to an activating group) is 1. The number of carboxylic acids is 1. The number of hydrogen-bond acceptors (Lipinski definition) is 4. The molecule has 1 saturated heterocycles. The molecule has 0 aromatic heterocycles. The predicted molar refractivity (Wildman–Crippen MR) is 78.1 cm³/mol. The summed E-state index contributed by atoms with van der Waals surface area (Å²) in [5.41, 5.74) is -2.38. The number of alkyl halides is 3. The van der Waals surface area contributed by atoms with Crippen LogP contribution in [0.4, 0.5) is 13.2 Å². The second kappa shape index (κ2) is 6.08. The van der Waals surface area contributed by atoms with E-state index in [-0.39, 0.29) is 12.0 Å². The van der Waals surface area contributed by atoms with Crippen molar-refractivity contribution >= 4 is 11.9 Å². The Labute approximate surface area is 137 Å². The lowest BCUT2D eigenvalue weighted by atomic mass is 9.88. The van der Waals surface area contributed by atoms with Gasteiger partial charge in [0.2, 0.25) is 0 Å². The van der Waals surface area contributed by atoms with Gasteiger partial charge in [-0.05, 0) is 32.0 Å². The van der Waals surface area contributed by atoms with Crippen LogP contribution in [0.3, 0.4) is 0 Å². The third-order valence-electron chi connectivity index (χ3n) is 4.72. The van der Waals surface area contributed by atoms with E-state index in [1.807, 2.05) is 0 Å². The zero-order valence-electron chi connectivity index (χ0n) is 13.4. The Kier molecular flexibility index (Phi) is 4.63. The molecule has 0 aliphatic carbocycles. The maximum absolute atomic E-state index is 13.3. The Morgan fingerprint density at radius 1 is 1.33 bits per heavy atom. The minimum atomic E-state index is -4.62. The molecule has 2 rings (SSSR count). The number of carbonyl (C=O) groups excluding carboxylic acids is 1. The molecule has 8 heteroatoms. The van der Waals surface area contributed by atoms with Crippen LogP contribution in [0.1, 0.15) is 30.5 Å². The van der Waals surface area contributed by atoms with Crippen molar-refractivity contribution in [2.24, 2.45) is 5.92 Å². The summed E-state index contributed by atoms with van der Waals surface area (Å²) in [5, 5.41) is 9.48. The van der Waals surface area contributed by atoms with E-state index < -0.39 is 41.2 Å². The van der Waals surface area contributed by atoms with E-state index in [4.69, 9.17) is 4.74 Å². The molecule has 24 heavy (non-hydrogen) atoms. The zero-order valence-corrected chi connectivity index (χ0v) is 13.4. The number of esters is 1. The van der Waals surface area contributed by atoms with Crippen molar-refractivity contribution in [1.29, 1.82) is 0 Å². The summed E-state index contributed by atoms with van der Waals surface area (Å²) in [4.78, 5) is 25.1. The Morgan fingerprint density at radius 3 is 2.42 bits per heavy atom. The highest BCUT2D eigenvalue weighted by molar-refractivity contribution is 5.83. The van der Waals surface area contributed by atoms with E-state index >= 15 is 0 Å². The molecular weight excluding hydrogens is 327 g/mol. The standard InChI is InChI=1S/C16H18F3NO4/c1-15(14(23)24-3)8-10(13(21)22)12(20(15)2)9-6-4-5-7-11(9)16(17,18)19/h4-7,10,12H,8H2,1-3H3,(H,21,22)/t10-,12+,15-/m1/s1. The summed E-state index contributed by atoms with van der Waals surface area (Å²) in [6, 6.07) is 3.74.